The summed E-state index contributed by atoms with van der Waals surface area (Å²) >= 11 is 6.09. The van der Waals surface area contributed by atoms with Gasteiger partial charge in [0.05, 0.1) is 6.10 Å². The van der Waals surface area contributed by atoms with Crippen LogP contribution in [0.25, 0.3) is 0 Å². The van der Waals surface area contributed by atoms with Crippen LogP contribution in [0.15, 0.2) is 12.1 Å². The van der Waals surface area contributed by atoms with E-state index in [4.69, 9.17) is 11.6 Å². The summed E-state index contributed by atoms with van der Waals surface area (Å²) in [6.07, 6.45) is 0.376. The van der Waals surface area contributed by atoms with Crippen molar-refractivity contribution in [3.05, 3.63) is 33.8 Å². The monoisotopic (exact) mass is 268 g/mol. The van der Waals surface area contributed by atoms with Crippen LogP contribution in [0, 0.1) is 25.2 Å². The molecule has 1 nitrogen and oxygen atoms in total. The molecule has 0 aromatic heterocycles. The van der Waals surface area contributed by atoms with Crippen LogP contribution in [0.2, 0.25) is 5.02 Å². The van der Waals surface area contributed by atoms with Gasteiger partial charge in [-0.3, -0.25) is 0 Å². The second-order valence-corrected chi connectivity index (χ2v) is 6.88. The number of aliphatic hydroxyl groups excluding tert-OH is 1. The molecule has 1 N–H and O–H groups in total. The summed E-state index contributed by atoms with van der Waals surface area (Å²) in [5.74, 6) is 0.461. The molecule has 0 bridgehead atoms. The maximum absolute atomic E-state index is 10.4. The first-order valence-corrected chi connectivity index (χ1v) is 6.95. The number of hydrogen-bond acceptors (Lipinski definition) is 1. The van der Waals surface area contributed by atoms with Crippen molar-refractivity contribution in [1.82, 2.24) is 0 Å². The van der Waals surface area contributed by atoms with E-state index in [1.54, 1.807) is 0 Å². The van der Waals surface area contributed by atoms with Crippen molar-refractivity contribution in [3.8, 4) is 0 Å². The molecule has 0 fully saturated rings. The molecule has 2 unspecified atom stereocenters. The molecule has 102 valence electrons. The molecule has 1 aromatic rings. The fourth-order valence-electron chi connectivity index (χ4n) is 1.98. The zero-order valence-corrected chi connectivity index (χ0v) is 13.1. The van der Waals surface area contributed by atoms with Crippen LogP contribution in [0.3, 0.4) is 0 Å². The van der Waals surface area contributed by atoms with Crippen molar-refractivity contribution in [1.29, 1.82) is 0 Å². The fourth-order valence-corrected chi connectivity index (χ4v) is 2.20. The Labute approximate surface area is 116 Å². The van der Waals surface area contributed by atoms with Gasteiger partial charge in [0.25, 0.3) is 0 Å². The number of benzene rings is 1. The molecule has 2 heteroatoms. The minimum absolute atomic E-state index is 0.219. The zero-order chi connectivity index (χ0) is 14.1. The minimum Gasteiger partial charge on any atom is -0.388 e. The highest BCUT2D eigenvalue weighted by Crippen LogP contribution is 2.35. The number of rotatable bonds is 3. The van der Waals surface area contributed by atoms with Gasteiger partial charge in [0, 0.05) is 5.02 Å². The smallest absolute Gasteiger partial charge is 0.0795 e. The summed E-state index contributed by atoms with van der Waals surface area (Å²) in [5, 5.41) is 11.2. The standard InChI is InChI=1S/C16H25ClO/c1-10-8-14(17)11(2)7-13(10)15(18)9-12(3)16(4,5)6/h7-8,12,15,18H,9H2,1-6H3. The average Bonchev–Trinajstić information content (AvgIpc) is 2.21. The molecule has 1 rings (SSSR count). The van der Waals surface area contributed by atoms with Crippen LogP contribution in [-0.2, 0) is 0 Å². The zero-order valence-electron chi connectivity index (χ0n) is 12.3. The second-order valence-electron chi connectivity index (χ2n) is 6.48. The quantitative estimate of drug-likeness (QED) is 0.812. The normalized spacial score (nSPS) is 15.6. The van der Waals surface area contributed by atoms with Crippen LogP contribution in [0.5, 0.6) is 0 Å². The molecular formula is C16H25ClO. The fraction of sp³-hybridized carbons (Fsp3) is 0.625. The van der Waals surface area contributed by atoms with E-state index in [1.165, 1.54) is 0 Å². The van der Waals surface area contributed by atoms with Gasteiger partial charge < -0.3 is 5.11 Å². The topological polar surface area (TPSA) is 20.2 Å². The first kappa shape index (κ1) is 15.5. The van der Waals surface area contributed by atoms with Gasteiger partial charge >= 0.3 is 0 Å². The molecule has 0 amide bonds. The summed E-state index contributed by atoms with van der Waals surface area (Å²) in [5.41, 5.74) is 3.32. The van der Waals surface area contributed by atoms with Gasteiger partial charge in [0.1, 0.15) is 0 Å². The lowest BCUT2D eigenvalue weighted by atomic mass is 9.78. The van der Waals surface area contributed by atoms with E-state index in [-0.39, 0.29) is 5.41 Å². The third kappa shape index (κ3) is 3.73. The Balaban J connectivity index is 2.91. The van der Waals surface area contributed by atoms with E-state index in [1.807, 2.05) is 26.0 Å². The second kappa shape index (κ2) is 5.63. The average molecular weight is 269 g/mol. The number of aliphatic hydroxyl groups is 1. The highest BCUT2D eigenvalue weighted by Gasteiger charge is 2.24. The van der Waals surface area contributed by atoms with E-state index in [9.17, 15) is 5.11 Å². The van der Waals surface area contributed by atoms with Gasteiger partial charge in [-0.05, 0) is 54.4 Å². The van der Waals surface area contributed by atoms with Crippen molar-refractivity contribution in [2.45, 2.75) is 54.1 Å². The number of aryl methyl sites for hydroxylation is 2. The van der Waals surface area contributed by atoms with E-state index in [0.717, 1.165) is 28.1 Å². The Morgan fingerprint density at radius 3 is 2.22 bits per heavy atom. The molecule has 0 radical (unpaired) electrons. The van der Waals surface area contributed by atoms with E-state index in [2.05, 4.69) is 27.7 Å². The van der Waals surface area contributed by atoms with Gasteiger partial charge in [-0.1, -0.05) is 45.4 Å². The molecular weight excluding hydrogens is 244 g/mol. The highest BCUT2D eigenvalue weighted by molar-refractivity contribution is 6.31. The molecule has 1 aromatic carbocycles. The van der Waals surface area contributed by atoms with Crippen LogP contribution in [0.1, 0.15) is 56.9 Å². The minimum atomic E-state index is -0.407. The van der Waals surface area contributed by atoms with Crippen LogP contribution in [0.4, 0.5) is 0 Å². The molecule has 0 spiro atoms. The van der Waals surface area contributed by atoms with Crippen molar-refractivity contribution < 1.29 is 5.11 Å². The predicted octanol–water partition coefficient (Wildman–Crippen LogP) is 5.06. The number of halogens is 1. The van der Waals surface area contributed by atoms with Crippen molar-refractivity contribution in [2.24, 2.45) is 11.3 Å². The number of hydrogen-bond donors (Lipinski definition) is 1. The third-order valence-corrected chi connectivity index (χ3v) is 4.37. The molecule has 0 aliphatic carbocycles. The van der Waals surface area contributed by atoms with Crippen molar-refractivity contribution >= 4 is 11.6 Å². The van der Waals surface area contributed by atoms with Gasteiger partial charge in [0.15, 0.2) is 0 Å². The summed E-state index contributed by atoms with van der Waals surface area (Å²) in [6, 6.07) is 3.95. The van der Waals surface area contributed by atoms with Crippen LogP contribution in [-0.4, -0.2) is 5.11 Å². The largest absolute Gasteiger partial charge is 0.388 e. The maximum atomic E-state index is 10.4. The summed E-state index contributed by atoms with van der Waals surface area (Å²) in [7, 11) is 0. The summed E-state index contributed by atoms with van der Waals surface area (Å²) in [4.78, 5) is 0. The van der Waals surface area contributed by atoms with E-state index >= 15 is 0 Å². The lowest BCUT2D eigenvalue weighted by Crippen LogP contribution is -2.20. The Bertz CT molecular complexity index is 418. The van der Waals surface area contributed by atoms with Gasteiger partial charge in [-0.25, -0.2) is 0 Å². The Kier molecular flexibility index (Phi) is 4.85. The summed E-state index contributed by atoms with van der Waals surface area (Å²) < 4.78 is 0. The third-order valence-electron chi connectivity index (χ3n) is 3.96. The lowest BCUT2D eigenvalue weighted by Gasteiger charge is -2.29. The molecule has 0 aliphatic heterocycles. The maximum Gasteiger partial charge on any atom is 0.0795 e. The molecule has 0 aliphatic rings. The van der Waals surface area contributed by atoms with Crippen molar-refractivity contribution in [2.75, 3.05) is 0 Å². The summed E-state index contributed by atoms with van der Waals surface area (Å²) in [6.45, 7) is 12.8. The van der Waals surface area contributed by atoms with Gasteiger partial charge in [-0.15, -0.1) is 0 Å². The first-order chi connectivity index (χ1) is 8.12. The SMILES string of the molecule is Cc1cc(C(O)CC(C)C(C)(C)C)c(C)cc1Cl. The van der Waals surface area contributed by atoms with Gasteiger partial charge in [0.2, 0.25) is 0 Å². The molecule has 2 atom stereocenters. The van der Waals surface area contributed by atoms with Crippen LogP contribution >= 0.6 is 11.6 Å². The molecule has 18 heavy (non-hydrogen) atoms. The van der Waals surface area contributed by atoms with E-state index in [0.29, 0.717) is 5.92 Å². The Hall–Kier alpha value is -0.530. The predicted molar refractivity (Wildman–Crippen MR) is 79.1 cm³/mol. The van der Waals surface area contributed by atoms with Crippen LogP contribution < -0.4 is 0 Å². The highest BCUT2D eigenvalue weighted by atomic mass is 35.5. The molecule has 0 saturated carbocycles. The Morgan fingerprint density at radius 1 is 1.17 bits per heavy atom. The molecule has 0 saturated heterocycles. The van der Waals surface area contributed by atoms with E-state index < -0.39 is 6.10 Å². The first-order valence-electron chi connectivity index (χ1n) is 6.57. The lowest BCUT2D eigenvalue weighted by molar-refractivity contribution is 0.110. The van der Waals surface area contributed by atoms with Gasteiger partial charge in [-0.2, -0.15) is 0 Å². The Morgan fingerprint density at radius 2 is 1.72 bits per heavy atom. The molecule has 0 heterocycles. The van der Waals surface area contributed by atoms with Crippen molar-refractivity contribution in [3.63, 3.8) is 0 Å².